The molecule has 1 aromatic heterocycles. The van der Waals surface area contributed by atoms with Crippen molar-refractivity contribution in [3.8, 4) is 16.9 Å². The SMILES string of the molecule is COCCCn1cc(CN(C(=O)[C@H]2CN(C(=O)OC(C)(C)C)CC[C@@H]2c2cccc(-c3ccc(OCCO)cc3)c2)C2CC2)c2ccccc21. The Balaban J connectivity index is 1.30. The van der Waals surface area contributed by atoms with Gasteiger partial charge in [0.1, 0.15) is 18.0 Å². The summed E-state index contributed by atoms with van der Waals surface area (Å²) in [4.78, 5) is 32.1. The number of methoxy groups -OCH3 is 1. The molecule has 0 spiro atoms. The second-order valence-electron chi connectivity index (χ2n) is 14.6. The van der Waals surface area contributed by atoms with Crippen LogP contribution in [0.25, 0.3) is 22.0 Å². The topological polar surface area (TPSA) is 93.5 Å². The molecule has 0 unspecified atom stereocenters. The van der Waals surface area contributed by atoms with E-state index >= 15 is 0 Å². The quantitative estimate of drug-likeness (QED) is 0.150. The number of ether oxygens (including phenoxy) is 3. The number of para-hydroxylation sites is 1. The van der Waals surface area contributed by atoms with Crippen LogP contribution in [-0.4, -0.2) is 83.1 Å². The number of aliphatic hydroxyl groups is 1. The van der Waals surface area contributed by atoms with Gasteiger partial charge in [0.15, 0.2) is 0 Å². The molecule has 1 saturated carbocycles. The summed E-state index contributed by atoms with van der Waals surface area (Å²) in [5.74, 6) is 0.316. The maximum atomic E-state index is 14.9. The molecule has 1 saturated heterocycles. The van der Waals surface area contributed by atoms with Gasteiger partial charge in [0, 0.05) is 63.0 Å². The number of fused-ring (bicyclic) bond motifs is 1. The number of aromatic nitrogens is 1. The zero-order valence-corrected chi connectivity index (χ0v) is 29.8. The summed E-state index contributed by atoms with van der Waals surface area (Å²) in [6, 6.07) is 24.9. The summed E-state index contributed by atoms with van der Waals surface area (Å²) < 4.78 is 19.0. The van der Waals surface area contributed by atoms with Crippen LogP contribution in [0.5, 0.6) is 5.75 Å². The van der Waals surface area contributed by atoms with Gasteiger partial charge >= 0.3 is 6.09 Å². The van der Waals surface area contributed by atoms with Crippen molar-refractivity contribution in [1.82, 2.24) is 14.4 Å². The number of aliphatic hydroxyl groups excluding tert-OH is 1. The normalized spacial score (nSPS) is 17.9. The average Bonchev–Trinajstić information content (AvgIpc) is 3.91. The average molecular weight is 682 g/mol. The van der Waals surface area contributed by atoms with Crippen molar-refractivity contribution in [1.29, 1.82) is 0 Å². The highest BCUT2D eigenvalue weighted by Gasteiger charge is 2.43. The van der Waals surface area contributed by atoms with Gasteiger partial charge in [0.2, 0.25) is 5.91 Å². The van der Waals surface area contributed by atoms with E-state index in [-0.39, 0.29) is 37.2 Å². The first-order chi connectivity index (χ1) is 24.1. The van der Waals surface area contributed by atoms with Crippen LogP contribution in [0.15, 0.2) is 79.0 Å². The predicted molar refractivity (Wildman–Crippen MR) is 195 cm³/mol. The van der Waals surface area contributed by atoms with Gasteiger partial charge in [-0.05, 0) is 92.8 Å². The van der Waals surface area contributed by atoms with Crippen molar-refractivity contribution in [3.05, 3.63) is 90.1 Å². The second-order valence-corrected chi connectivity index (χ2v) is 14.6. The monoisotopic (exact) mass is 681 g/mol. The number of hydrogen-bond donors (Lipinski definition) is 1. The van der Waals surface area contributed by atoms with Crippen LogP contribution in [0, 0.1) is 5.92 Å². The molecule has 2 aliphatic rings. The van der Waals surface area contributed by atoms with Crippen LogP contribution in [0.3, 0.4) is 0 Å². The molecule has 2 heterocycles. The zero-order valence-electron chi connectivity index (χ0n) is 29.8. The van der Waals surface area contributed by atoms with Crippen LogP contribution in [-0.2, 0) is 27.4 Å². The van der Waals surface area contributed by atoms with E-state index < -0.39 is 11.5 Å². The van der Waals surface area contributed by atoms with Crippen LogP contribution < -0.4 is 4.74 Å². The van der Waals surface area contributed by atoms with Crippen molar-refractivity contribution >= 4 is 22.9 Å². The number of aryl methyl sites for hydroxylation is 1. The van der Waals surface area contributed by atoms with Gasteiger partial charge in [-0.3, -0.25) is 4.79 Å². The number of hydrogen-bond acceptors (Lipinski definition) is 6. The molecule has 2 amide bonds. The number of carbonyl (C=O) groups excluding carboxylic acids is 2. The van der Waals surface area contributed by atoms with Crippen LogP contribution in [0.4, 0.5) is 4.79 Å². The molecule has 4 aromatic rings. The Morgan fingerprint density at radius 1 is 0.940 bits per heavy atom. The maximum absolute atomic E-state index is 14.9. The number of nitrogens with zero attached hydrogens (tertiary/aromatic N) is 3. The van der Waals surface area contributed by atoms with E-state index in [9.17, 15) is 9.59 Å². The van der Waals surface area contributed by atoms with Gasteiger partial charge in [-0.25, -0.2) is 4.79 Å². The third-order valence-corrected chi connectivity index (χ3v) is 9.67. The van der Waals surface area contributed by atoms with E-state index in [1.807, 2.05) is 45.0 Å². The summed E-state index contributed by atoms with van der Waals surface area (Å²) in [5.41, 5.74) is 4.87. The first kappa shape index (κ1) is 35.5. The molecule has 2 atom stereocenters. The Kier molecular flexibility index (Phi) is 11.1. The van der Waals surface area contributed by atoms with E-state index in [4.69, 9.17) is 19.3 Å². The Labute approximate surface area is 295 Å². The van der Waals surface area contributed by atoms with E-state index in [0.717, 1.165) is 48.1 Å². The van der Waals surface area contributed by atoms with Gasteiger partial charge in [0.25, 0.3) is 0 Å². The Hall–Kier alpha value is -4.34. The Morgan fingerprint density at radius 3 is 2.44 bits per heavy atom. The highest BCUT2D eigenvalue weighted by Crippen LogP contribution is 2.40. The molecule has 1 aliphatic heterocycles. The lowest BCUT2D eigenvalue weighted by molar-refractivity contribution is -0.139. The first-order valence-corrected chi connectivity index (χ1v) is 17.9. The third kappa shape index (κ3) is 8.50. The zero-order chi connectivity index (χ0) is 35.3. The van der Waals surface area contributed by atoms with E-state index in [1.165, 1.54) is 10.9 Å². The fraction of sp³-hybridized carbons (Fsp3) is 0.463. The number of carbonyl (C=O) groups is 2. The molecule has 1 aliphatic carbocycles. The number of piperidine rings is 1. The Bertz CT molecular complexity index is 1760. The van der Waals surface area contributed by atoms with Crippen molar-refractivity contribution in [2.45, 2.75) is 77.1 Å². The van der Waals surface area contributed by atoms with Crippen LogP contribution in [0.1, 0.15) is 63.5 Å². The summed E-state index contributed by atoms with van der Waals surface area (Å²) >= 11 is 0. The number of amides is 2. The highest BCUT2D eigenvalue weighted by molar-refractivity contribution is 5.86. The van der Waals surface area contributed by atoms with Crippen molar-refractivity contribution < 1.29 is 28.9 Å². The molecule has 9 heteroatoms. The molecule has 3 aromatic carbocycles. The molecule has 0 radical (unpaired) electrons. The minimum absolute atomic E-state index is 0.0349. The number of likely N-dealkylation sites (tertiary alicyclic amines) is 1. The van der Waals surface area contributed by atoms with Gasteiger partial charge in [0.05, 0.1) is 12.5 Å². The maximum Gasteiger partial charge on any atom is 0.410 e. The van der Waals surface area contributed by atoms with Gasteiger partial charge in [-0.2, -0.15) is 0 Å². The van der Waals surface area contributed by atoms with Gasteiger partial charge < -0.3 is 33.7 Å². The molecule has 2 fully saturated rings. The molecular weight excluding hydrogens is 630 g/mol. The minimum Gasteiger partial charge on any atom is -0.491 e. The fourth-order valence-corrected chi connectivity index (χ4v) is 7.13. The van der Waals surface area contributed by atoms with Gasteiger partial charge in [-0.15, -0.1) is 0 Å². The lowest BCUT2D eigenvalue weighted by atomic mass is 9.79. The molecule has 1 N–H and O–H groups in total. The summed E-state index contributed by atoms with van der Waals surface area (Å²) in [6.07, 6.45) is 5.37. The molecule has 266 valence electrons. The van der Waals surface area contributed by atoms with Crippen molar-refractivity contribution in [2.75, 3.05) is 40.0 Å². The van der Waals surface area contributed by atoms with E-state index in [2.05, 4.69) is 64.2 Å². The third-order valence-electron chi connectivity index (χ3n) is 9.67. The standard InChI is InChI=1S/C41H51N3O6/c1-41(2,3)50-40(47)43-21-19-35(31-10-7-9-30(25-31)29-13-17-34(18-14-29)49-24-22-45)37(28-43)39(46)44(33-15-16-33)27-32-26-42(20-8-23-48-4)38-12-6-5-11-36(32)38/h5-7,9-14,17-18,25-26,33,35,37,45H,8,15-16,19-24,27-28H2,1-4H3/t35-,37+/m1/s1. The summed E-state index contributed by atoms with van der Waals surface area (Å²) in [6.45, 7) is 8.72. The number of rotatable bonds is 13. The van der Waals surface area contributed by atoms with Gasteiger partial charge in [-0.1, -0.05) is 54.6 Å². The van der Waals surface area contributed by atoms with Crippen LogP contribution in [0.2, 0.25) is 0 Å². The first-order valence-electron chi connectivity index (χ1n) is 17.9. The van der Waals surface area contributed by atoms with E-state index in [1.54, 1.807) is 12.0 Å². The second kappa shape index (κ2) is 15.7. The van der Waals surface area contributed by atoms with Crippen LogP contribution >= 0.6 is 0 Å². The smallest absolute Gasteiger partial charge is 0.410 e. The molecule has 0 bridgehead atoms. The van der Waals surface area contributed by atoms with E-state index in [0.29, 0.717) is 38.4 Å². The lowest BCUT2D eigenvalue weighted by Crippen LogP contribution is -2.51. The minimum atomic E-state index is -0.627. The molecule has 6 rings (SSSR count). The van der Waals surface area contributed by atoms with Crippen molar-refractivity contribution in [2.24, 2.45) is 5.92 Å². The number of benzene rings is 3. The highest BCUT2D eigenvalue weighted by atomic mass is 16.6. The largest absolute Gasteiger partial charge is 0.491 e. The fourth-order valence-electron chi connectivity index (χ4n) is 7.13. The van der Waals surface area contributed by atoms with Crippen molar-refractivity contribution in [3.63, 3.8) is 0 Å². The summed E-state index contributed by atoms with van der Waals surface area (Å²) in [5, 5.41) is 10.3. The Morgan fingerprint density at radius 2 is 1.72 bits per heavy atom. The molecular formula is C41H51N3O6. The summed E-state index contributed by atoms with van der Waals surface area (Å²) in [7, 11) is 1.73. The molecule has 9 nitrogen and oxygen atoms in total. The molecule has 50 heavy (non-hydrogen) atoms. The lowest BCUT2D eigenvalue weighted by Gasteiger charge is -2.40. The predicted octanol–water partition coefficient (Wildman–Crippen LogP) is 7.25.